The molecule has 0 unspecified atom stereocenters. The molecular weight excluding hydrogens is 889 g/mol. The normalized spacial score (nSPS) is 11.6. The van der Waals surface area contributed by atoms with Crippen molar-refractivity contribution >= 4 is 64.6 Å². The smallest absolute Gasteiger partial charge is 0.00928 e. The third-order valence-electron chi connectivity index (χ3n) is 15.7. The van der Waals surface area contributed by atoms with Gasteiger partial charge >= 0.3 is 0 Å². The van der Waals surface area contributed by atoms with Crippen LogP contribution in [0.4, 0.5) is 0 Å². The summed E-state index contributed by atoms with van der Waals surface area (Å²) in [4.78, 5) is 0. The Balaban J connectivity index is 0.687. The Morgan fingerprint density at radius 1 is 0.149 bits per heavy atom. The van der Waals surface area contributed by atoms with Crippen molar-refractivity contribution in [3.05, 3.63) is 278 Å². The van der Waals surface area contributed by atoms with Gasteiger partial charge in [-0.2, -0.15) is 0 Å². The molecule has 14 aromatic carbocycles. The molecule has 0 aromatic heterocycles. The van der Waals surface area contributed by atoms with E-state index in [4.69, 9.17) is 0 Å². The lowest BCUT2D eigenvalue weighted by Gasteiger charge is -2.14. The van der Waals surface area contributed by atoms with Gasteiger partial charge in [-0.1, -0.05) is 243 Å². The monoisotopic (exact) mass is 938 g/mol. The van der Waals surface area contributed by atoms with Crippen molar-refractivity contribution in [2.75, 3.05) is 0 Å². The third kappa shape index (κ3) is 7.46. The second-order valence-corrected chi connectivity index (χ2v) is 20.1. The Labute approximate surface area is 432 Å². The summed E-state index contributed by atoms with van der Waals surface area (Å²) in [5.74, 6) is 0. The summed E-state index contributed by atoms with van der Waals surface area (Å²) in [5, 5.41) is 15.6. The van der Waals surface area contributed by atoms with Crippen LogP contribution in [0.1, 0.15) is 11.1 Å². The maximum Gasteiger partial charge on any atom is -0.00928 e. The number of fused-ring (bicyclic) bond motifs is 12. The minimum atomic E-state index is 1.21. The molecule has 0 nitrogen and oxygen atoms in total. The van der Waals surface area contributed by atoms with Crippen molar-refractivity contribution in [1.29, 1.82) is 0 Å². The van der Waals surface area contributed by atoms with Gasteiger partial charge in [0.2, 0.25) is 0 Å². The molecule has 14 rings (SSSR count). The Morgan fingerprint density at radius 2 is 0.378 bits per heavy atom. The highest BCUT2D eigenvalue weighted by atomic mass is 14.2. The maximum atomic E-state index is 2.38. The minimum absolute atomic E-state index is 1.21. The van der Waals surface area contributed by atoms with Gasteiger partial charge in [-0.3, -0.25) is 0 Å². The summed E-state index contributed by atoms with van der Waals surface area (Å²) in [7, 11) is 0. The molecule has 0 saturated heterocycles. The molecule has 0 aliphatic rings. The number of benzene rings is 14. The summed E-state index contributed by atoms with van der Waals surface area (Å²) in [5.41, 5.74) is 19.7. The fraction of sp³-hybridized carbons (Fsp3) is 0.0270. The number of hydrogen-bond acceptors (Lipinski definition) is 0. The van der Waals surface area contributed by atoms with E-state index >= 15 is 0 Å². The molecule has 14 aromatic rings. The fourth-order valence-electron chi connectivity index (χ4n) is 11.9. The van der Waals surface area contributed by atoms with Crippen LogP contribution < -0.4 is 0 Å². The van der Waals surface area contributed by atoms with E-state index in [1.54, 1.807) is 0 Å². The molecule has 0 atom stereocenters. The lowest BCUT2D eigenvalue weighted by Crippen LogP contribution is -1.89. The minimum Gasteiger partial charge on any atom is -0.0616 e. The molecular formula is C74H50. The van der Waals surface area contributed by atoms with Crippen LogP contribution in [0.25, 0.3) is 143 Å². The Bertz CT molecular complexity index is 4170. The zero-order chi connectivity index (χ0) is 49.3. The van der Waals surface area contributed by atoms with Gasteiger partial charge in [0, 0.05) is 0 Å². The second kappa shape index (κ2) is 17.7. The van der Waals surface area contributed by atoms with Crippen LogP contribution >= 0.6 is 0 Å². The predicted octanol–water partition coefficient (Wildman–Crippen LogP) is 20.9. The van der Waals surface area contributed by atoms with Gasteiger partial charge in [-0.05, 0) is 192 Å². The topological polar surface area (TPSA) is 0 Å². The van der Waals surface area contributed by atoms with E-state index in [1.807, 2.05) is 0 Å². The van der Waals surface area contributed by atoms with Gasteiger partial charge in [0.05, 0.1) is 0 Å². The molecule has 0 heteroatoms. The lowest BCUT2D eigenvalue weighted by atomic mass is 9.91. The summed E-state index contributed by atoms with van der Waals surface area (Å²) in [6.45, 7) is 4.46. The van der Waals surface area contributed by atoms with Gasteiger partial charge in [0.15, 0.2) is 0 Å². The molecule has 0 saturated carbocycles. The third-order valence-corrected chi connectivity index (χ3v) is 15.7. The molecule has 0 bridgehead atoms. The predicted molar refractivity (Wildman–Crippen MR) is 319 cm³/mol. The van der Waals surface area contributed by atoms with Gasteiger partial charge in [-0.25, -0.2) is 0 Å². The van der Waals surface area contributed by atoms with Crippen LogP contribution in [0.5, 0.6) is 0 Å². The van der Waals surface area contributed by atoms with Crippen LogP contribution in [0.2, 0.25) is 0 Å². The Morgan fingerprint density at radius 3 is 0.703 bits per heavy atom. The highest BCUT2D eigenvalue weighted by molar-refractivity contribution is 6.27. The van der Waals surface area contributed by atoms with Gasteiger partial charge < -0.3 is 0 Å². The highest BCUT2D eigenvalue weighted by Gasteiger charge is 2.14. The van der Waals surface area contributed by atoms with Crippen molar-refractivity contribution in [3.8, 4) is 77.9 Å². The summed E-state index contributed by atoms with van der Waals surface area (Å²) in [6, 6.07) is 99.0. The quantitative estimate of drug-likeness (QED) is 0.140. The summed E-state index contributed by atoms with van der Waals surface area (Å²) >= 11 is 0. The molecule has 0 fully saturated rings. The molecule has 0 amide bonds. The lowest BCUT2D eigenvalue weighted by molar-refractivity contribution is 1.43. The van der Waals surface area contributed by atoms with Crippen LogP contribution in [0.3, 0.4) is 0 Å². The standard InChI is InChI=1S/C74H50/c1-47-41-57(33-37-61(47)51-29-25-49(26-30-51)53-13-11-15-55(43-53)59-35-39-71-67-21-5-3-17-63(67)65-19-7-9-23-69(65)73(71)45-59)58-34-38-62(48(2)42-58)52-31-27-50(28-32-52)54-14-12-16-56(44-54)60-36-40-72-68-22-6-4-18-64(68)66-20-8-10-24-70(66)74(72)46-60/h3-46H,1-2H3. The molecule has 0 N–H and O–H groups in total. The molecule has 0 aliphatic heterocycles. The van der Waals surface area contributed by atoms with E-state index in [2.05, 4.69) is 281 Å². The van der Waals surface area contributed by atoms with Crippen LogP contribution in [0.15, 0.2) is 267 Å². The van der Waals surface area contributed by atoms with Crippen LogP contribution in [-0.4, -0.2) is 0 Å². The SMILES string of the molecule is Cc1cc(-c2ccc(-c3ccc(-c4cccc(-c5ccc6c7ccccc7c7ccccc7c6c5)c4)cc3)c(C)c2)ccc1-c1ccc(-c2cccc(-c3ccc4c5ccccc5c5ccccc5c4c3)c2)cc1. The molecule has 74 heavy (non-hydrogen) atoms. The molecule has 0 heterocycles. The first-order valence-corrected chi connectivity index (χ1v) is 25.8. The van der Waals surface area contributed by atoms with Crippen molar-refractivity contribution in [2.24, 2.45) is 0 Å². The molecule has 0 aliphatic carbocycles. The van der Waals surface area contributed by atoms with Gasteiger partial charge in [-0.15, -0.1) is 0 Å². The first-order chi connectivity index (χ1) is 36.5. The number of rotatable bonds is 7. The van der Waals surface area contributed by atoms with Crippen molar-refractivity contribution in [1.82, 2.24) is 0 Å². The van der Waals surface area contributed by atoms with E-state index in [0.717, 1.165) is 0 Å². The molecule has 346 valence electrons. The zero-order valence-corrected chi connectivity index (χ0v) is 41.4. The fourth-order valence-corrected chi connectivity index (χ4v) is 11.9. The second-order valence-electron chi connectivity index (χ2n) is 20.1. The van der Waals surface area contributed by atoms with E-state index in [9.17, 15) is 0 Å². The van der Waals surface area contributed by atoms with Crippen molar-refractivity contribution in [3.63, 3.8) is 0 Å². The van der Waals surface area contributed by atoms with E-state index in [1.165, 1.54) is 154 Å². The number of aryl methyl sites for hydroxylation is 2. The van der Waals surface area contributed by atoms with E-state index in [0.29, 0.717) is 0 Å². The van der Waals surface area contributed by atoms with Gasteiger partial charge in [0.25, 0.3) is 0 Å². The van der Waals surface area contributed by atoms with E-state index in [-0.39, 0.29) is 0 Å². The molecule has 0 spiro atoms. The van der Waals surface area contributed by atoms with Crippen LogP contribution in [0, 0.1) is 13.8 Å². The van der Waals surface area contributed by atoms with Crippen molar-refractivity contribution < 1.29 is 0 Å². The maximum absolute atomic E-state index is 2.38. The summed E-state index contributed by atoms with van der Waals surface area (Å²) in [6.07, 6.45) is 0. The largest absolute Gasteiger partial charge is 0.0616 e. The van der Waals surface area contributed by atoms with Crippen molar-refractivity contribution in [2.45, 2.75) is 13.8 Å². The van der Waals surface area contributed by atoms with Crippen LogP contribution in [-0.2, 0) is 0 Å². The first-order valence-electron chi connectivity index (χ1n) is 25.8. The average Bonchev–Trinajstić information content (AvgIpc) is 3.47. The van der Waals surface area contributed by atoms with E-state index < -0.39 is 0 Å². The number of hydrogen-bond donors (Lipinski definition) is 0. The Kier molecular flexibility index (Phi) is 10.4. The average molecular weight is 939 g/mol. The molecule has 0 radical (unpaired) electrons. The Hall–Kier alpha value is -9.36. The zero-order valence-electron chi connectivity index (χ0n) is 41.4. The highest BCUT2D eigenvalue weighted by Crippen LogP contribution is 2.41. The van der Waals surface area contributed by atoms with Gasteiger partial charge in [0.1, 0.15) is 0 Å². The summed E-state index contributed by atoms with van der Waals surface area (Å²) < 4.78 is 0. The first kappa shape index (κ1) is 43.4.